The van der Waals surface area contributed by atoms with Crippen LogP contribution in [-0.4, -0.2) is 40.9 Å². The fourth-order valence-corrected chi connectivity index (χ4v) is 2.72. The number of hydrogen-bond acceptors (Lipinski definition) is 5. The predicted molar refractivity (Wildman–Crippen MR) is 82.0 cm³/mol. The molecule has 0 spiro atoms. The highest BCUT2D eigenvalue weighted by molar-refractivity contribution is 5.30. The van der Waals surface area contributed by atoms with E-state index in [9.17, 15) is 0 Å². The van der Waals surface area contributed by atoms with Gasteiger partial charge in [-0.1, -0.05) is 6.92 Å². The molecule has 112 valence electrons. The summed E-state index contributed by atoms with van der Waals surface area (Å²) < 4.78 is 0. The maximum atomic E-state index is 4.58. The van der Waals surface area contributed by atoms with Gasteiger partial charge in [0.1, 0.15) is 0 Å². The van der Waals surface area contributed by atoms with Crippen LogP contribution in [0.3, 0.4) is 0 Å². The fraction of sp³-hybridized carbons (Fsp3) is 0.800. The maximum Gasteiger partial charge on any atom is 0.245 e. The first kappa shape index (κ1) is 15.2. The summed E-state index contributed by atoms with van der Waals surface area (Å²) in [7, 11) is 0. The van der Waals surface area contributed by atoms with Crippen molar-refractivity contribution in [1.82, 2.24) is 20.5 Å². The number of aryl methyl sites for hydroxylation is 2. The molecule has 0 amide bonds. The summed E-state index contributed by atoms with van der Waals surface area (Å²) in [4.78, 5) is 6.87. The Bertz CT molecular complexity index is 434. The third-order valence-electron chi connectivity index (χ3n) is 4.24. The summed E-state index contributed by atoms with van der Waals surface area (Å²) in [5.74, 6) is 1.46. The summed E-state index contributed by atoms with van der Waals surface area (Å²) in [5, 5.41) is 12.1. The first-order valence-electron chi connectivity index (χ1n) is 7.78. The van der Waals surface area contributed by atoms with Gasteiger partial charge in [0.05, 0.1) is 11.4 Å². The first-order valence-corrected chi connectivity index (χ1v) is 7.78. The lowest BCUT2D eigenvalue weighted by molar-refractivity contribution is 0.318. The van der Waals surface area contributed by atoms with E-state index in [1.807, 2.05) is 13.8 Å². The van der Waals surface area contributed by atoms with Crippen LogP contribution in [0.4, 0.5) is 5.95 Å². The first-order chi connectivity index (χ1) is 9.61. The zero-order chi connectivity index (χ0) is 14.5. The van der Waals surface area contributed by atoms with E-state index in [0.29, 0.717) is 12.0 Å². The van der Waals surface area contributed by atoms with Crippen LogP contribution in [0.2, 0.25) is 0 Å². The monoisotopic (exact) mass is 277 g/mol. The van der Waals surface area contributed by atoms with Gasteiger partial charge in [0, 0.05) is 19.1 Å². The minimum Gasteiger partial charge on any atom is -0.339 e. The highest BCUT2D eigenvalue weighted by Gasteiger charge is 2.26. The van der Waals surface area contributed by atoms with Crippen molar-refractivity contribution in [2.24, 2.45) is 5.92 Å². The average Bonchev–Trinajstić information content (AvgIpc) is 2.47. The molecule has 0 aliphatic carbocycles. The minimum absolute atomic E-state index is 0.553. The van der Waals surface area contributed by atoms with Crippen molar-refractivity contribution in [3.05, 3.63) is 11.4 Å². The summed E-state index contributed by atoms with van der Waals surface area (Å²) in [6, 6.07) is 0.553. The van der Waals surface area contributed by atoms with Crippen LogP contribution in [-0.2, 0) is 0 Å². The van der Waals surface area contributed by atoms with Gasteiger partial charge in [0.25, 0.3) is 0 Å². The molecule has 2 heterocycles. The van der Waals surface area contributed by atoms with Gasteiger partial charge in [-0.05, 0) is 52.5 Å². The van der Waals surface area contributed by atoms with Gasteiger partial charge in [-0.25, -0.2) is 4.98 Å². The lowest BCUT2D eigenvalue weighted by Gasteiger charge is -2.36. The molecule has 5 nitrogen and oxygen atoms in total. The van der Waals surface area contributed by atoms with Gasteiger partial charge in [-0.15, -0.1) is 5.10 Å². The van der Waals surface area contributed by atoms with E-state index < -0.39 is 0 Å². The highest BCUT2D eigenvalue weighted by atomic mass is 15.3. The molecule has 1 aliphatic heterocycles. The van der Waals surface area contributed by atoms with Gasteiger partial charge >= 0.3 is 0 Å². The maximum absolute atomic E-state index is 4.58. The number of piperidine rings is 1. The Morgan fingerprint density at radius 2 is 2.10 bits per heavy atom. The Morgan fingerprint density at radius 3 is 2.80 bits per heavy atom. The van der Waals surface area contributed by atoms with Crippen molar-refractivity contribution in [1.29, 1.82) is 0 Å². The summed E-state index contributed by atoms with van der Waals surface area (Å²) in [5.41, 5.74) is 1.90. The molecule has 2 unspecified atom stereocenters. The molecule has 1 aliphatic rings. The molecular formula is C15H27N5. The van der Waals surface area contributed by atoms with Gasteiger partial charge < -0.3 is 10.2 Å². The molecule has 0 aromatic carbocycles. The Hall–Kier alpha value is -1.23. The molecule has 2 rings (SSSR count). The zero-order valence-electron chi connectivity index (χ0n) is 13.2. The fourth-order valence-electron chi connectivity index (χ4n) is 2.72. The third-order valence-corrected chi connectivity index (χ3v) is 4.24. The minimum atomic E-state index is 0.553. The Morgan fingerprint density at radius 1 is 1.30 bits per heavy atom. The van der Waals surface area contributed by atoms with Crippen LogP contribution in [0.25, 0.3) is 0 Å². The Kier molecular flexibility index (Phi) is 5.29. The van der Waals surface area contributed by atoms with Crippen LogP contribution in [0.15, 0.2) is 0 Å². The standard InChI is InChI=1S/C15H27N5/c1-5-8-16-13(4)14-7-6-9-20(10-14)15-17-11(2)12(3)18-19-15/h13-14,16H,5-10H2,1-4H3. The number of nitrogens with zero attached hydrogens (tertiary/aromatic N) is 4. The van der Waals surface area contributed by atoms with E-state index in [4.69, 9.17) is 0 Å². The Balaban J connectivity index is 2.00. The molecule has 2 atom stereocenters. The molecule has 0 radical (unpaired) electrons. The van der Waals surface area contributed by atoms with E-state index >= 15 is 0 Å². The predicted octanol–water partition coefficient (Wildman–Crippen LogP) is 2.09. The van der Waals surface area contributed by atoms with E-state index in [1.54, 1.807) is 0 Å². The van der Waals surface area contributed by atoms with Crippen LogP contribution >= 0.6 is 0 Å². The van der Waals surface area contributed by atoms with E-state index in [0.717, 1.165) is 37.0 Å². The van der Waals surface area contributed by atoms with Crippen molar-refractivity contribution >= 4 is 5.95 Å². The van der Waals surface area contributed by atoms with E-state index in [1.165, 1.54) is 19.3 Å². The molecule has 1 fully saturated rings. The van der Waals surface area contributed by atoms with Crippen molar-refractivity contribution in [2.45, 2.75) is 53.0 Å². The topological polar surface area (TPSA) is 53.9 Å². The molecule has 1 aromatic rings. The third kappa shape index (κ3) is 3.66. The number of nitrogens with one attached hydrogen (secondary N) is 1. The second-order valence-corrected chi connectivity index (χ2v) is 5.87. The number of rotatable bonds is 5. The number of aromatic nitrogens is 3. The van der Waals surface area contributed by atoms with Crippen molar-refractivity contribution in [2.75, 3.05) is 24.5 Å². The second kappa shape index (κ2) is 6.97. The van der Waals surface area contributed by atoms with Gasteiger partial charge in [0.15, 0.2) is 0 Å². The summed E-state index contributed by atoms with van der Waals surface area (Å²) in [6.45, 7) is 11.6. The highest BCUT2D eigenvalue weighted by Crippen LogP contribution is 2.22. The van der Waals surface area contributed by atoms with Crippen LogP contribution in [0.1, 0.15) is 44.5 Å². The molecular weight excluding hydrogens is 250 g/mol. The molecule has 1 N–H and O–H groups in total. The molecule has 0 saturated carbocycles. The summed E-state index contributed by atoms with van der Waals surface area (Å²) in [6.07, 6.45) is 3.68. The van der Waals surface area contributed by atoms with Gasteiger partial charge in [-0.2, -0.15) is 5.10 Å². The normalized spacial score (nSPS) is 21.0. The zero-order valence-corrected chi connectivity index (χ0v) is 13.2. The molecule has 1 saturated heterocycles. The van der Waals surface area contributed by atoms with Crippen molar-refractivity contribution < 1.29 is 0 Å². The molecule has 20 heavy (non-hydrogen) atoms. The van der Waals surface area contributed by atoms with Crippen LogP contribution < -0.4 is 10.2 Å². The van der Waals surface area contributed by atoms with Gasteiger partial charge in [-0.3, -0.25) is 0 Å². The van der Waals surface area contributed by atoms with Crippen molar-refractivity contribution in [3.63, 3.8) is 0 Å². The number of anilines is 1. The smallest absolute Gasteiger partial charge is 0.245 e. The molecule has 5 heteroatoms. The summed E-state index contributed by atoms with van der Waals surface area (Å²) >= 11 is 0. The quantitative estimate of drug-likeness (QED) is 0.893. The second-order valence-electron chi connectivity index (χ2n) is 5.87. The SMILES string of the molecule is CCCNC(C)C1CCCN(c2nnc(C)c(C)n2)C1. The van der Waals surface area contributed by atoms with E-state index in [-0.39, 0.29) is 0 Å². The largest absolute Gasteiger partial charge is 0.339 e. The molecule has 0 bridgehead atoms. The number of hydrogen-bond donors (Lipinski definition) is 1. The van der Waals surface area contributed by atoms with Crippen LogP contribution in [0, 0.1) is 19.8 Å². The van der Waals surface area contributed by atoms with Crippen LogP contribution in [0.5, 0.6) is 0 Å². The van der Waals surface area contributed by atoms with Gasteiger partial charge in [0.2, 0.25) is 5.95 Å². The molecule has 1 aromatic heterocycles. The lowest BCUT2D eigenvalue weighted by Crippen LogP contribution is -2.45. The lowest BCUT2D eigenvalue weighted by atomic mass is 9.91. The van der Waals surface area contributed by atoms with E-state index in [2.05, 4.69) is 39.2 Å². The Labute approximate surface area is 122 Å². The van der Waals surface area contributed by atoms with Crippen molar-refractivity contribution in [3.8, 4) is 0 Å². The average molecular weight is 277 g/mol.